The number of hydrogen-bond donors (Lipinski definition) is 0. The summed E-state index contributed by atoms with van der Waals surface area (Å²) in [6.45, 7) is 6.07. The molecule has 0 saturated heterocycles. The monoisotopic (exact) mass is 400 g/mol. The van der Waals surface area contributed by atoms with Crippen LogP contribution in [0.4, 0.5) is 4.39 Å². The molecule has 3 heterocycles. The molecule has 3 aromatic heterocycles. The summed E-state index contributed by atoms with van der Waals surface area (Å²) in [5.41, 5.74) is 1.94. The third-order valence-electron chi connectivity index (χ3n) is 4.10. The molecule has 0 amide bonds. The Bertz CT molecular complexity index is 1070. The molecule has 27 heavy (non-hydrogen) atoms. The van der Waals surface area contributed by atoms with Crippen LogP contribution in [-0.4, -0.2) is 20.1 Å². The van der Waals surface area contributed by atoms with Gasteiger partial charge in [-0.15, -0.1) is 11.3 Å². The molecule has 4 rings (SSSR count). The zero-order chi connectivity index (χ0) is 19.0. The number of rotatable bonds is 5. The quantitative estimate of drug-likeness (QED) is 0.309. The maximum absolute atomic E-state index is 13.3. The first-order valence-corrected chi connectivity index (χ1v) is 10.3. The molecule has 1 aromatic carbocycles. The number of thiophene rings is 1. The van der Waals surface area contributed by atoms with Crippen molar-refractivity contribution in [3.05, 3.63) is 53.5 Å². The highest BCUT2D eigenvalue weighted by Crippen LogP contribution is 2.42. The summed E-state index contributed by atoms with van der Waals surface area (Å²) < 4.78 is 18.7. The predicted molar refractivity (Wildman–Crippen MR) is 105 cm³/mol. The fraction of sp³-hybridized carbons (Fsp3) is 0.263. The number of nitrogens with zero attached hydrogens (tertiary/aromatic N) is 4. The van der Waals surface area contributed by atoms with E-state index in [4.69, 9.17) is 4.52 Å². The summed E-state index contributed by atoms with van der Waals surface area (Å²) in [5.74, 6) is 1.24. The van der Waals surface area contributed by atoms with Crippen LogP contribution in [0.2, 0.25) is 0 Å². The molecule has 0 spiro atoms. The third kappa shape index (κ3) is 3.59. The highest BCUT2D eigenvalue weighted by molar-refractivity contribution is 7.99. The van der Waals surface area contributed by atoms with Crippen LogP contribution in [0.15, 0.2) is 45.5 Å². The maximum Gasteiger partial charge on any atom is 0.239 e. The molecule has 0 radical (unpaired) electrons. The SMILES string of the molecule is CC(C)c1noc([C@@H](C)Sc2ncnc3scc(-c4ccc(F)cc4)c23)n1. The molecular weight excluding hydrogens is 383 g/mol. The second-order valence-electron chi connectivity index (χ2n) is 6.42. The minimum Gasteiger partial charge on any atom is -0.338 e. The first-order valence-electron chi connectivity index (χ1n) is 8.51. The standard InChI is InChI=1S/C19H17FN4OS2/c1-10(2)16-23-17(25-24-16)11(3)27-19-15-14(8-26-18(15)21-9-22-19)12-4-6-13(20)7-5-12/h4-11H,1-3H3/t11-/m1/s1. The Kier molecular flexibility index (Phi) is 4.92. The minimum absolute atomic E-state index is 0.0518. The Morgan fingerprint density at radius 1 is 1.11 bits per heavy atom. The zero-order valence-electron chi connectivity index (χ0n) is 15.0. The van der Waals surface area contributed by atoms with Crippen LogP contribution >= 0.6 is 23.1 Å². The molecule has 1 atom stereocenters. The molecule has 0 aliphatic carbocycles. The van der Waals surface area contributed by atoms with Gasteiger partial charge in [0.15, 0.2) is 5.82 Å². The second kappa shape index (κ2) is 7.36. The Hall–Kier alpha value is -2.32. The number of fused-ring (bicyclic) bond motifs is 1. The van der Waals surface area contributed by atoms with E-state index in [1.54, 1.807) is 41.6 Å². The van der Waals surface area contributed by atoms with E-state index in [-0.39, 0.29) is 17.0 Å². The molecule has 0 saturated carbocycles. The molecular formula is C19H17FN4OS2. The Morgan fingerprint density at radius 2 is 1.89 bits per heavy atom. The van der Waals surface area contributed by atoms with Crippen molar-refractivity contribution < 1.29 is 8.91 Å². The van der Waals surface area contributed by atoms with E-state index in [1.165, 1.54) is 12.1 Å². The van der Waals surface area contributed by atoms with Crippen molar-refractivity contribution in [2.75, 3.05) is 0 Å². The Morgan fingerprint density at radius 3 is 2.59 bits per heavy atom. The molecule has 0 bridgehead atoms. The smallest absolute Gasteiger partial charge is 0.239 e. The summed E-state index contributed by atoms with van der Waals surface area (Å²) >= 11 is 3.10. The molecule has 138 valence electrons. The lowest BCUT2D eigenvalue weighted by molar-refractivity contribution is 0.373. The third-order valence-corrected chi connectivity index (χ3v) is 6.08. The van der Waals surface area contributed by atoms with Crippen LogP contribution in [-0.2, 0) is 0 Å². The number of benzene rings is 1. The van der Waals surface area contributed by atoms with Crippen LogP contribution in [0.3, 0.4) is 0 Å². The molecule has 5 nitrogen and oxygen atoms in total. The number of hydrogen-bond acceptors (Lipinski definition) is 7. The summed E-state index contributed by atoms with van der Waals surface area (Å²) in [6.07, 6.45) is 1.57. The van der Waals surface area contributed by atoms with Gasteiger partial charge in [-0.05, 0) is 24.6 Å². The highest BCUT2D eigenvalue weighted by atomic mass is 32.2. The van der Waals surface area contributed by atoms with E-state index in [0.717, 1.165) is 26.4 Å². The van der Waals surface area contributed by atoms with Gasteiger partial charge in [0.05, 0.1) is 10.6 Å². The van der Waals surface area contributed by atoms with Crippen LogP contribution in [0.5, 0.6) is 0 Å². The van der Waals surface area contributed by atoms with Gasteiger partial charge in [-0.1, -0.05) is 42.9 Å². The van der Waals surface area contributed by atoms with E-state index in [1.807, 2.05) is 26.2 Å². The number of halogens is 1. The Labute approximate surface area is 164 Å². The van der Waals surface area contributed by atoms with Crippen molar-refractivity contribution in [3.63, 3.8) is 0 Å². The van der Waals surface area contributed by atoms with Crippen molar-refractivity contribution in [1.29, 1.82) is 0 Å². The lowest BCUT2D eigenvalue weighted by atomic mass is 10.1. The molecule has 0 unspecified atom stereocenters. The van der Waals surface area contributed by atoms with Gasteiger partial charge in [0.1, 0.15) is 22.0 Å². The molecule has 0 aliphatic heterocycles. The van der Waals surface area contributed by atoms with Gasteiger partial charge in [-0.2, -0.15) is 4.98 Å². The minimum atomic E-state index is -0.255. The van der Waals surface area contributed by atoms with Crippen molar-refractivity contribution in [3.8, 4) is 11.1 Å². The molecule has 0 fully saturated rings. The molecule has 0 aliphatic rings. The van der Waals surface area contributed by atoms with Gasteiger partial charge in [-0.25, -0.2) is 14.4 Å². The molecule has 0 N–H and O–H groups in total. The van der Waals surface area contributed by atoms with Gasteiger partial charge < -0.3 is 4.52 Å². The average molecular weight is 401 g/mol. The average Bonchev–Trinajstić information content (AvgIpc) is 3.30. The zero-order valence-corrected chi connectivity index (χ0v) is 16.6. The first kappa shape index (κ1) is 18.1. The van der Waals surface area contributed by atoms with Crippen molar-refractivity contribution in [1.82, 2.24) is 20.1 Å². The lowest BCUT2D eigenvalue weighted by Crippen LogP contribution is -1.94. The highest BCUT2D eigenvalue weighted by Gasteiger charge is 2.21. The van der Waals surface area contributed by atoms with Crippen molar-refractivity contribution in [2.45, 2.75) is 37.0 Å². The van der Waals surface area contributed by atoms with Gasteiger partial charge in [-0.3, -0.25) is 0 Å². The van der Waals surface area contributed by atoms with E-state index >= 15 is 0 Å². The number of thioether (sulfide) groups is 1. The van der Waals surface area contributed by atoms with Crippen LogP contribution in [0.1, 0.15) is 43.7 Å². The fourth-order valence-corrected chi connectivity index (χ4v) is 4.59. The van der Waals surface area contributed by atoms with Crippen LogP contribution in [0, 0.1) is 5.82 Å². The molecule has 4 aromatic rings. The summed E-state index contributed by atoms with van der Waals surface area (Å²) in [4.78, 5) is 14.2. The summed E-state index contributed by atoms with van der Waals surface area (Å²) in [6, 6.07) is 6.47. The summed E-state index contributed by atoms with van der Waals surface area (Å²) in [7, 11) is 0. The molecule has 8 heteroatoms. The predicted octanol–water partition coefficient (Wildman–Crippen LogP) is 5.86. The second-order valence-corrected chi connectivity index (χ2v) is 8.61. The van der Waals surface area contributed by atoms with E-state index in [9.17, 15) is 4.39 Å². The van der Waals surface area contributed by atoms with Crippen LogP contribution in [0.25, 0.3) is 21.3 Å². The maximum atomic E-state index is 13.3. The van der Waals surface area contributed by atoms with Gasteiger partial charge >= 0.3 is 0 Å². The lowest BCUT2D eigenvalue weighted by Gasteiger charge is -2.08. The Balaban J connectivity index is 1.71. The van der Waals surface area contributed by atoms with E-state index in [2.05, 4.69) is 20.1 Å². The van der Waals surface area contributed by atoms with Crippen molar-refractivity contribution >= 4 is 33.3 Å². The normalized spacial score (nSPS) is 12.8. The van der Waals surface area contributed by atoms with Crippen molar-refractivity contribution in [2.24, 2.45) is 0 Å². The number of aromatic nitrogens is 4. The largest absolute Gasteiger partial charge is 0.338 e. The van der Waals surface area contributed by atoms with Crippen LogP contribution < -0.4 is 0 Å². The van der Waals surface area contributed by atoms with Gasteiger partial charge in [0.2, 0.25) is 5.89 Å². The van der Waals surface area contributed by atoms with E-state index < -0.39 is 0 Å². The van der Waals surface area contributed by atoms with Gasteiger partial charge in [0, 0.05) is 16.9 Å². The van der Waals surface area contributed by atoms with Gasteiger partial charge in [0.25, 0.3) is 0 Å². The van der Waals surface area contributed by atoms with E-state index in [0.29, 0.717) is 11.7 Å². The summed E-state index contributed by atoms with van der Waals surface area (Å²) in [5, 5.41) is 7.83. The fourth-order valence-electron chi connectivity index (χ4n) is 2.64. The topological polar surface area (TPSA) is 64.7 Å². The first-order chi connectivity index (χ1) is 13.0.